The Hall–Kier alpha value is -2.27. The van der Waals surface area contributed by atoms with E-state index in [9.17, 15) is 35.5 Å². The SMILES string of the molecule is CC.CC(C)COS(=O)(=O)CC1(O)CCCC1n1c(=O)c(C(F)F)cc2cnc(NC3CCN(S(C)(=O)=O)CC3)nc21. The monoisotopic (exact) mass is 637 g/mol. The minimum absolute atomic E-state index is 0.0177. The Kier molecular flexibility index (Phi) is 11.1. The van der Waals surface area contributed by atoms with Crippen molar-refractivity contribution in [2.24, 2.45) is 5.92 Å². The van der Waals surface area contributed by atoms with Crippen molar-refractivity contribution in [3.63, 3.8) is 0 Å². The predicted octanol–water partition coefficient (Wildman–Crippen LogP) is 3.05. The van der Waals surface area contributed by atoms with Crippen LogP contribution in [-0.4, -0.2) is 84.1 Å². The molecular weight excluding hydrogens is 596 g/mol. The van der Waals surface area contributed by atoms with Gasteiger partial charge in [-0.1, -0.05) is 27.7 Å². The van der Waals surface area contributed by atoms with Gasteiger partial charge in [-0.15, -0.1) is 0 Å². The summed E-state index contributed by atoms with van der Waals surface area (Å²) in [6.07, 6.45) is 0.792. The van der Waals surface area contributed by atoms with Crippen molar-refractivity contribution >= 4 is 37.1 Å². The maximum Gasteiger partial charge on any atom is 0.270 e. The molecule has 0 bridgehead atoms. The lowest BCUT2D eigenvalue weighted by Crippen LogP contribution is -2.46. The number of aromatic nitrogens is 3. The minimum Gasteiger partial charge on any atom is -0.387 e. The van der Waals surface area contributed by atoms with Gasteiger partial charge in [-0.2, -0.15) is 13.4 Å². The van der Waals surface area contributed by atoms with Crippen molar-refractivity contribution in [2.45, 2.75) is 83.9 Å². The molecule has 2 aromatic heterocycles. The van der Waals surface area contributed by atoms with Crippen LogP contribution in [0.25, 0.3) is 11.0 Å². The van der Waals surface area contributed by atoms with Gasteiger partial charge in [0, 0.05) is 30.7 Å². The van der Waals surface area contributed by atoms with Crippen molar-refractivity contribution in [3.8, 4) is 0 Å². The maximum absolute atomic E-state index is 13.9. The lowest BCUT2D eigenvalue weighted by molar-refractivity contribution is 0.0270. The third kappa shape index (κ3) is 8.01. The van der Waals surface area contributed by atoms with Crippen molar-refractivity contribution in [1.29, 1.82) is 0 Å². The third-order valence-electron chi connectivity index (χ3n) is 7.32. The number of halogens is 2. The van der Waals surface area contributed by atoms with E-state index in [1.54, 1.807) is 13.8 Å². The predicted molar refractivity (Wildman–Crippen MR) is 156 cm³/mol. The van der Waals surface area contributed by atoms with Crippen LogP contribution in [0.1, 0.15) is 77.8 Å². The summed E-state index contributed by atoms with van der Waals surface area (Å²) in [5, 5.41) is 14.8. The smallest absolute Gasteiger partial charge is 0.270 e. The molecule has 1 aliphatic heterocycles. The second-order valence-corrected chi connectivity index (χ2v) is 14.6. The Morgan fingerprint density at radius 1 is 1.17 bits per heavy atom. The van der Waals surface area contributed by atoms with Crippen LogP contribution in [0.2, 0.25) is 0 Å². The average molecular weight is 638 g/mol. The number of rotatable bonds is 10. The van der Waals surface area contributed by atoms with Gasteiger partial charge in [-0.05, 0) is 44.1 Å². The first-order valence-electron chi connectivity index (χ1n) is 14.1. The van der Waals surface area contributed by atoms with Crippen molar-refractivity contribution in [2.75, 3.05) is 37.0 Å². The summed E-state index contributed by atoms with van der Waals surface area (Å²) in [4.78, 5) is 22.0. The van der Waals surface area contributed by atoms with Crippen molar-refractivity contribution < 1.29 is 34.9 Å². The molecule has 238 valence electrons. The second-order valence-electron chi connectivity index (χ2n) is 11.0. The lowest BCUT2D eigenvalue weighted by atomic mass is 9.99. The van der Waals surface area contributed by atoms with E-state index in [2.05, 4.69) is 15.3 Å². The van der Waals surface area contributed by atoms with Crippen LogP contribution in [0.5, 0.6) is 0 Å². The minimum atomic E-state index is -4.20. The molecule has 0 amide bonds. The standard InChI is InChI=1S/C24H35F2N5O7S2.C2H6/c1-15(2)13-38-40(36,37)14-24(33)8-4-5-19(24)31-21-16(11-18(20(25)26)22(31)32)12-27-23(29-21)28-17-6-9-30(10-7-17)39(3,34)35;1-2/h11-12,15,17,19-20,33H,4-10,13-14H2,1-3H3,(H,27,28,29);1-2H3. The van der Waals surface area contributed by atoms with Crippen LogP contribution < -0.4 is 10.9 Å². The molecule has 2 fully saturated rings. The van der Waals surface area contributed by atoms with Crippen LogP contribution >= 0.6 is 0 Å². The van der Waals surface area contributed by atoms with Crippen LogP contribution in [0, 0.1) is 5.92 Å². The highest BCUT2D eigenvalue weighted by Crippen LogP contribution is 2.41. The molecule has 0 spiro atoms. The highest BCUT2D eigenvalue weighted by Gasteiger charge is 2.47. The summed E-state index contributed by atoms with van der Waals surface area (Å²) < 4.78 is 84.1. The molecule has 2 N–H and O–H groups in total. The Labute approximate surface area is 245 Å². The first kappa shape index (κ1) is 34.2. The molecule has 2 unspecified atom stereocenters. The van der Waals surface area contributed by atoms with Crippen molar-refractivity contribution in [1.82, 2.24) is 18.8 Å². The molecule has 3 heterocycles. The summed E-state index contributed by atoms with van der Waals surface area (Å²) in [5.74, 6) is -0.795. The number of nitrogens with one attached hydrogen (secondary N) is 1. The fourth-order valence-electron chi connectivity index (χ4n) is 5.33. The molecule has 0 radical (unpaired) electrons. The fourth-order valence-corrected chi connectivity index (χ4v) is 7.72. The van der Waals surface area contributed by atoms with Crippen LogP contribution in [0.3, 0.4) is 0 Å². The van der Waals surface area contributed by atoms with Gasteiger partial charge in [0.15, 0.2) is 0 Å². The number of piperidine rings is 1. The summed E-state index contributed by atoms with van der Waals surface area (Å²) in [6, 6.07) is -0.328. The van der Waals surface area contributed by atoms with Crippen LogP contribution in [0.4, 0.5) is 14.7 Å². The Bertz CT molecular complexity index is 1510. The molecule has 4 rings (SSSR count). The number of alkyl halides is 2. The number of nitrogens with zero attached hydrogens (tertiary/aromatic N) is 4. The number of hydrogen-bond donors (Lipinski definition) is 2. The molecule has 1 saturated carbocycles. The fraction of sp³-hybridized carbons (Fsp3) is 0.731. The van der Waals surface area contributed by atoms with Gasteiger partial charge in [0.2, 0.25) is 16.0 Å². The summed E-state index contributed by atoms with van der Waals surface area (Å²) in [6.45, 7) is 8.05. The van der Waals surface area contributed by atoms with Gasteiger partial charge in [0.1, 0.15) is 17.0 Å². The summed E-state index contributed by atoms with van der Waals surface area (Å²) >= 11 is 0. The maximum atomic E-state index is 13.9. The molecule has 16 heteroatoms. The number of fused-ring (bicyclic) bond motifs is 1. The Balaban J connectivity index is 0.00000237. The number of aliphatic hydroxyl groups is 1. The zero-order chi connectivity index (χ0) is 31.5. The molecule has 1 aliphatic carbocycles. The van der Waals surface area contributed by atoms with Crippen molar-refractivity contribution in [3.05, 3.63) is 28.2 Å². The summed E-state index contributed by atoms with van der Waals surface area (Å²) in [7, 11) is -7.51. The van der Waals surface area contributed by atoms with Gasteiger partial charge in [-0.25, -0.2) is 26.5 Å². The number of sulfonamides is 1. The van der Waals surface area contributed by atoms with Crippen LogP contribution in [-0.2, 0) is 24.3 Å². The molecule has 2 aliphatic rings. The first-order valence-corrected chi connectivity index (χ1v) is 17.5. The number of hydrogen-bond acceptors (Lipinski definition) is 10. The molecule has 1 saturated heterocycles. The van der Waals surface area contributed by atoms with Gasteiger partial charge in [0.05, 0.1) is 24.5 Å². The molecule has 42 heavy (non-hydrogen) atoms. The topological polar surface area (TPSA) is 161 Å². The highest BCUT2D eigenvalue weighted by molar-refractivity contribution is 7.88. The quantitative estimate of drug-likeness (QED) is 0.371. The molecule has 2 atom stereocenters. The molecule has 2 aromatic rings. The van der Waals surface area contributed by atoms with E-state index in [0.29, 0.717) is 32.4 Å². The molecular formula is C26H41F2N5O7S2. The van der Waals surface area contributed by atoms with Gasteiger partial charge >= 0.3 is 0 Å². The summed E-state index contributed by atoms with van der Waals surface area (Å²) in [5.41, 5.74) is -3.85. The van der Waals surface area contributed by atoms with E-state index in [-0.39, 0.29) is 48.4 Å². The van der Waals surface area contributed by atoms with E-state index >= 15 is 0 Å². The third-order valence-corrected chi connectivity index (χ3v) is 9.97. The normalized spacial score (nSPS) is 22.5. The van der Waals surface area contributed by atoms with E-state index < -0.39 is 55.1 Å². The molecule has 0 aromatic carbocycles. The largest absolute Gasteiger partial charge is 0.387 e. The highest BCUT2D eigenvalue weighted by atomic mass is 32.2. The Morgan fingerprint density at radius 2 is 1.81 bits per heavy atom. The molecule has 12 nitrogen and oxygen atoms in total. The lowest BCUT2D eigenvalue weighted by Gasteiger charge is -2.32. The van der Waals surface area contributed by atoms with Gasteiger partial charge in [-0.3, -0.25) is 13.5 Å². The van der Waals surface area contributed by atoms with Gasteiger partial charge in [0.25, 0.3) is 22.1 Å². The van der Waals surface area contributed by atoms with E-state index in [1.165, 1.54) is 10.5 Å². The second kappa shape index (κ2) is 13.6. The van der Waals surface area contributed by atoms with Crippen LogP contribution in [0.15, 0.2) is 17.1 Å². The zero-order valence-corrected chi connectivity index (χ0v) is 26.2. The number of pyridine rings is 1. The van der Waals surface area contributed by atoms with E-state index in [4.69, 9.17) is 4.18 Å². The van der Waals surface area contributed by atoms with E-state index in [0.717, 1.165) is 16.9 Å². The van der Waals surface area contributed by atoms with Gasteiger partial charge < -0.3 is 10.4 Å². The number of anilines is 1. The average Bonchev–Trinajstić information content (AvgIpc) is 3.27. The first-order chi connectivity index (χ1) is 19.6. The zero-order valence-electron chi connectivity index (χ0n) is 24.6. The van der Waals surface area contributed by atoms with E-state index in [1.807, 2.05) is 13.8 Å². The Morgan fingerprint density at radius 3 is 2.38 bits per heavy atom.